The molecule has 152 valence electrons. The van der Waals surface area contributed by atoms with Gasteiger partial charge >= 0.3 is 5.97 Å². The van der Waals surface area contributed by atoms with Gasteiger partial charge in [0.25, 0.3) is 0 Å². The second kappa shape index (κ2) is 11.6. The molecular formula is C23H31NO3S. The highest BCUT2D eigenvalue weighted by atomic mass is 32.2. The highest BCUT2D eigenvalue weighted by Crippen LogP contribution is 2.30. The molecule has 0 aromatic heterocycles. The van der Waals surface area contributed by atoms with Gasteiger partial charge in [-0.25, -0.2) is 4.79 Å². The van der Waals surface area contributed by atoms with Gasteiger partial charge in [0.1, 0.15) is 5.75 Å². The summed E-state index contributed by atoms with van der Waals surface area (Å²) in [5.74, 6) is 1.54. The highest BCUT2D eigenvalue weighted by Gasteiger charge is 2.18. The molecule has 0 aliphatic rings. The van der Waals surface area contributed by atoms with Crippen molar-refractivity contribution >= 4 is 23.4 Å². The lowest BCUT2D eigenvalue weighted by Crippen LogP contribution is -2.11. The highest BCUT2D eigenvalue weighted by molar-refractivity contribution is 7.99. The van der Waals surface area contributed by atoms with E-state index in [1.807, 2.05) is 43.3 Å². The minimum Gasteiger partial charge on any atom is -0.496 e. The number of nitrogens with two attached hydrogens (primary N) is 1. The molecule has 0 saturated carbocycles. The third-order valence-corrected chi connectivity index (χ3v) is 5.78. The number of hydrogen-bond acceptors (Lipinski definition) is 5. The van der Waals surface area contributed by atoms with Crippen LogP contribution in [0.15, 0.2) is 41.3 Å². The molecule has 4 nitrogen and oxygen atoms in total. The lowest BCUT2D eigenvalue weighted by molar-refractivity contribution is 0.0521. The van der Waals surface area contributed by atoms with Gasteiger partial charge in [-0.05, 0) is 55.7 Å². The molecule has 0 aliphatic carbocycles. The third kappa shape index (κ3) is 5.93. The van der Waals surface area contributed by atoms with Gasteiger partial charge in [-0.2, -0.15) is 0 Å². The van der Waals surface area contributed by atoms with E-state index in [-0.39, 0.29) is 5.97 Å². The lowest BCUT2D eigenvalue weighted by Gasteiger charge is -2.15. The van der Waals surface area contributed by atoms with E-state index in [0.29, 0.717) is 30.7 Å². The zero-order valence-electron chi connectivity index (χ0n) is 17.1. The topological polar surface area (TPSA) is 61.5 Å². The molecule has 0 bridgehead atoms. The second-order valence-corrected chi connectivity index (χ2v) is 7.73. The second-order valence-electron chi connectivity index (χ2n) is 6.59. The third-order valence-electron chi connectivity index (χ3n) is 4.63. The van der Waals surface area contributed by atoms with Gasteiger partial charge in [0.05, 0.1) is 19.3 Å². The summed E-state index contributed by atoms with van der Waals surface area (Å²) in [7, 11) is 1.65. The van der Waals surface area contributed by atoms with E-state index in [4.69, 9.17) is 15.2 Å². The first kappa shape index (κ1) is 22.2. The molecule has 0 heterocycles. The van der Waals surface area contributed by atoms with Crippen LogP contribution in [0.3, 0.4) is 0 Å². The molecule has 0 aliphatic heterocycles. The number of methoxy groups -OCH3 is 1. The van der Waals surface area contributed by atoms with Crippen molar-refractivity contribution in [1.29, 1.82) is 0 Å². The number of benzene rings is 2. The normalized spacial score (nSPS) is 10.7. The van der Waals surface area contributed by atoms with Gasteiger partial charge in [-0.1, -0.05) is 38.0 Å². The molecule has 5 heteroatoms. The first-order valence-electron chi connectivity index (χ1n) is 9.95. The zero-order valence-corrected chi connectivity index (χ0v) is 17.9. The Bertz CT molecular complexity index is 776. The van der Waals surface area contributed by atoms with Gasteiger partial charge in [0, 0.05) is 16.1 Å². The lowest BCUT2D eigenvalue weighted by atomic mass is 9.98. The van der Waals surface area contributed by atoms with E-state index >= 15 is 0 Å². The van der Waals surface area contributed by atoms with Crippen molar-refractivity contribution in [3.63, 3.8) is 0 Å². The van der Waals surface area contributed by atoms with Crippen molar-refractivity contribution in [2.45, 2.75) is 50.8 Å². The van der Waals surface area contributed by atoms with Crippen LogP contribution >= 0.6 is 11.8 Å². The average molecular weight is 402 g/mol. The Morgan fingerprint density at radius 1 is 1.07 bits per heavy atom. The molecule has 0 atom stereocenters. The van der Waals surface area contributed by atoms with Gasteiger partial charge in [0.2, 0.25) is 0 Å². The molecule has 2 N–H and O–H groups in total. The summed E-state index contributed by atoms with van der Waals surface area (Å²) >= 11 is 1.74. The van der Waals surface area contributed by atoms with Crippen LogP contribution in [-0.2, 0) is 17.6 Å². The summed E-state index contributed by atoms with van der Waals surface area (Å²) in [6, 6.07) is 11.7. The zero-order chi connectivity index (χ0) is 20.4. The van der Waals surface area contributed by atoms with Gasteiger partial charge in [-0.3, -0.25) is 0 Å². The molecule has 0 unspecified atom stereocenters. The number of ether oxygens (including phenoxy) is 2. The quantitative estimate of drug-likeness (QED) is 0.232. The maximum atomic E-state index is 12.7. The van der Waals surface area contributed by atoms with Gasteiger partial charge in [0.15, 0.2) is 0 Å². The maximum Gasteiger partial charge on any atom is 0.339 e. The van der Waals surface area contributed by atoms with Crippen LogP contribution in [0.4, 0.5) is 5.69 Å². The smallest absolute Gasteiger partial charge is 0.339 e. The standard InChI is InChI=1S/C23H31NO3S/c1-4-6-7-16-28-21-13-8-10-17(22(21)23(25)27-5-2)14-15-18-19(24)11-9-12-20(18)26-3/h8-13H,4-7,14-16,24H2,1-3H3. The monoisotopic (exact) mass is 401 g/mol. The minimum atomic E-state index is -0.246. The Morgan fingerprint density at radius 3 is 2.57 bits per heavy atom. The molecule has 2 aromatic rings. The molecule has 2 aromatic carbocycles. The molecule has 0 saturated heterocycles. The van der Waals surface area contributed by atoms with Gasteiger partial charge in [-0.15, -0.1) is 11.8 Å². The largest absolute Gasteiger partial charge is 0.496 e. The number of unbranched alkanes of at least 4 members (excludes halogenated alkanes) is 2. The van der Waals surface area contributed by atoms with E-state index < -0.39 is 0 Å². The molecule has 0 spiro atoms. The summed E-state index contributed by atoms with van der Waals surface area (Å²) in [6.45, 7) is 4.40. The van der Waals surface area contributed by atoms with E-state index in [0.717, 1.165) is 33.9 Å². The first-order valence-corrected chi connectivity index (χ1v) is 10.9. The summed E-state index contributed by atoms with van der Waals surface area (Å²) in [5, 5.41) is 0. The van der Waals surface area contributed by atoms with Crippen molar-refractivity contribution in [2.75, 3.05) is 25.2 Å². The fourth-order valence-electron chi connectivity index (χ4n) is 3.18. The summed E-state index contributed by atoms with van der Waals surface area (Å²) < 4.78 is 10.8. The van der Waals surface area contributed by atoms with E-state index in [1.165, 1.54) is 12.8 Å². The Balaban J connectivity index is 2.26. The number of carbonyl (C=O) groups excluding carboxylic acids is 1. The fourth-order valence-corrected chi connectivity index (χ4v) is 4.28. The minimum absolute atomic E-state index is 0.246. The number of hydrogen-bond donors (Lipinski definition) is 1. The summed E-state index contributed by atoms with van der Waals surface area (Å²) in [5.41, 5.74) is 9.52. The Hall–Kier alpha value is -2.14. The fraction of sp³-hybridized carbons (Fsp3) is 0.435. The maximum absolute atomic E-state index is 12.7. The van der Waals surface area contributed by atoms with Crippen molar-refractivity contribution < 1.29 is 14.3 Å². The van der Waals surface area contributed by atoms with Crippen LogP contribution in [0.25, 0.3) is 0 Å². The van der Waals surface area contributed by atoms with Crippen LogP contribution in [0.5, 0.6) is 5.75 Å². The van der Waals surface area contributed by atoms with Crippen molar-refractivity contribution in [1.82, 2.24) is 0 Å². The molecule has 0 amide bonds. The predicted molar refractivity (Wildman–Crippen MR) is 117 cm³/mol. The SMILES string of the molecule is CCCCCSc1cccc(CCc2c(N)cccc2OC)c1C(=O)OCC. The molecule has 0 radical (unpaired) electrons. The number of thioether (sulfide) groups is 1. The average Bonchev–Trinajstić information content (AvgIpc) is 2.70. The van der Waals surface area contributed by atoms with Crippen molar-refractivity contribution in [3.8, 4) is 5.75 Å². The van der Waals surface area contributed by atoms with Crippen LogP contribution in [0.2, 0.25) is 0 Å². The van der Waals surface area contributed by atoms with Crippen LogP contribution < -0.4 is 10.5 Å². The summed E-state index contributed by atoms with van der Waals surface area (Å²) in [6.07, 6.45) is 4.93. The summed E-state index contributed by atoms with van der Waals surface area (Å²) in [4.78, 5) is 13.7. The van der Waals surface area contributed by atoms with Crippen LogP contribution in [0.1, 0.15) is 54.6 Å². The van der Waals surface area contributed by atoms with Crippen molar-refractivity contribution in [3.05, 3.63) is 53.1 Å². The molecule has 0 fully saturated rings. The van der Waals surface area contributed by atoms with E-state index in [1.54, 1.807) is 18.9 Å². The van der Waals surface area contributed by atoms with Crippen LogP contribution in [0, 0.1) is 0 Å². The van der Waals surface area contributed by atoms with Gasteiger partial charge < -0.3 is 15.2 Å². The molecule has 28 heavy (non-hydrogen) atoms. The Morgan fingerprint density at radius 2 is 1.86 bits per heavy atom. The first-order chi connectivity index (χ1) is 13.6. The number of rotatable bonds is 11. The number of carbonyl (C=O) groups is 1. The number of nitrogen functional groups attached to an aromatic ring is 1. The van der Waals surface area contributed by atoms with E-state index in [9.17, 15) is 4.79 Å². The number of anilines is 1. The molecular weight excluding hydrogens is 370 g/mol. The molecule has 2 rings (SSSR count). The Kier molecular flexibility index (Phi) is 9.21. The predicted octanol–water partition coefficient (Wildman–Crippen LogP) is 5.52. The van der Waals surface area contributed by atoms with E-state index in [2.05, 4.69) is 6.92 Å². The van der Waals surface area contributed by atoms with Crippen molar-refractivity contribution in [2.24, 2.45) is 0 Å². The number of esters is 1. The number of aryl methyl sites for hydroxylation is 1. The van der Waals surface area contributed by atoms with Crippen LogP contribution in [-0.4, -0.2) is 25.4 Å². The Labute approximate surface area is 172 Å².